The minimum atomic E-state index is -4.30. The number of carboxylic acid groups (broad SMARTS) is 1. The molecule has 1 rings (SSSR count). The molecule has 1 N–H and O–H groups in total. The van der Waals surface area contributed by atoms with Crippen molar-refractivity contribution in [3.63, 3.8) is 0 Å². The molecule has 0 unspecified atom stereocenters. The zero-order chi connectivity index (χ0) is 13.3. The zero-order valence-electron chi connectivity index (χ0n) is 9.32. The minimum absolute atomic E-state index is 0.00900. The van der Waals surface area contributed by atoms with Crippen molar-refractivity contribution in [3.05, 3.63) is 12.2 Å². The van der Waals surface area contributed by atoms with Crippen LogP contribution in [-0.4, -0.2) is 32.0 Å². The van der Waals surface area contributed by atoms with Gasteiger partial charge in [-0.3, -0.25) is 0 Å². The summed E-state index contributed by atoms with van der Waals surface area (Å²) >= 11 is 0. The van der Waals surface area contributed by atoms with E-state index in [1.807, 2.05) is 0 Å². The van der Waals surface area contributed by atoms with E-state index in [0.29, 0.717) is 0 Å². The molecule has 0 aliphatic carbocycles. The zero-order valence-corrected chi connectivity index (χ0v) is 9.32. The van der Waals surface area contributed by atoms with E-state index < -0.39 is 24.1 Å². The molecule has 0 amide bonds. The maximum absolute atomic E-state index is 12.1. The first-order chi connectivity index (χ1) is 7.64. The molecule has 0 aromatic carbocycles. The average Bonchev–Trinajstić information content (AvgIpc) is 2.61. The predicted molar refractivity (Wildman–Crippen MR) is 51.4 cm³/mol. The summed E-state index contributed by atoms with van der Waals surface area (Å²) in [6.45, 7) is 2.74. The van der Waals surface area contributed by atoms with E-state index in [9.17, 15) is 18.0 Å². The van der Waals surface area contributed by atoms with Gasteiger partial charge in [-0.15, -0.1) is 10.2 Å². The summed E-state index contributed by atoms with van der Waals surface area (Å²) in [5.74, 6) is -1.15. The Bertz CT molecular complexity index is 412. The van der Waals surface area contributed by atoms with Crippen LogP contribution in [0.2, 0.25) is 0 Å². The number of rotatable bonds is 4. The molecule has 0 saturated heterocycles. The molecule has 0 aliphatic heterocycles. The molecule has 1 aromatic rings. The Balaban J connectivity index is 2.90. The summed E-state index contributed by atoms with van der Waals surface area (Å²) in [6, 6.07) is 0. The molecule has 0 fully saturated rings. The quantitative estimate of drug-likeness (QED) is 0.882. The fourth-order valence-corrected chi connectivity index (χ4v) is 1.25. The van der Waals surface area contributed by atoms with Gasteiger partial charge in [0.1, 0.15) is 17.7 Å². The highest BCUT2D eigenvalue weighted by molar-refractivity contribution is 5.75. The highest BCUT2D eigenvalue weighted by Gasteiger charge is 2.33. The topological polar surface area (TPSA) is 68.0 Å². The van der Waals surface area contributed by atoms with Gasteiger partial charge in [-0.05, 0) is 13.8 Å². The van der Waals surface area contributed by atoms with Crippen LogP contribution in [0.25, 0.3) is 0 Å². The highest BCUT2D eigenvalue weighted by atomic mass is 19.4. The van der Waals surface area contributed by atoms with Crippen LogP contribution in [0.4, 0.5) is 13.2 Å². The third-order valence-corrected chi connectivity index (χ3v) is 2.38. The summed E-state index contributed by atoms with van der Waals surface area (Å²) in [6.07, 6.45) is -4.62. The van der Waals surface area contributed by atoms with E-state index >= 15 is 0 Å². The van der Waals surface area contributed by atoms with Crippen LogP contribution in [0.3, 0.4) is 0 Å². The number of hydrogen-bond acceptors (Lipinski definition) is 3. The van der Waals surface area contributed by atoms with Crippen molar-refractivity contribution < 1.29 is 23.1 Å². The van der Waals surface area contributed by atoms with E-state index in [1.54, 1.807) is 0 Å². The second-order valence-corrected chi connectivity index (χ2v) is 4.10. The Hall–Kier alpha value is -1.60. The first-order valence-corrected chi connectivity index (χ1v) is 4.84. The van der Waals surface area contributed by atoms with E-state index in [0.717, 1.165) is 10.9 Å². The Labute approximate surface area is 95.3 Å². The molecular weight excluding hydrogens is 239 g/mol. The molecule has 17 heavy (non-hydrogen) atoms. The van der Waals surface area contributed by atoms with Crippen molar-refractivity contribution in [2.45, 2.75) is 38.4 Å². The van der Waals surface area contributed by atoms with Gasteiger partial charge in [0.2, 0.25) is 0 Å². The molecule has 5 nitrogen and oxygen atoms in total. The van der Waals surface area contributed by atoms with Crippen molar-refractivity contribution in [1.82, 2.24) is 14.8 Å². The first kappa shape index (κ1) is 13.5. The van der Waals surface area contributed by atoms with Gasteiger partial charge in [0, 0.05) is 6.42 Å². The van der Waals surface area contributed by atoms with Crippen LogP contribution in [0.15, 0.2) is 6.33 Å². The van der Waals surface area contributed by atoms with E-state index in [1.165, 1.54) is 13.8 Å². The SMILES string of the molecule is CC(C)(C(=O)O)n1cnnc1CCC(F)(F)F. The summed E-state index contributed by atoms with van der Waals surface area (Å²) in [4.78, 5) is 11.0. The van der Waals surface area contributed by atoms with Crippen molar-refractivity contribution in [2.75, 3.05) is 0 Å². The summed E-state index contributed by atoms with van der Waals surface area (Å²) in [5, 5.41) is 15.9. The Morgan fingerprint density at radius 3 is 2.53 bits per heavy atom. The molecule has 96 valence electrons. The summed E-state index contributed by atoms with van der Waals surface area (Å²) in [5.41, 5.74) is -1.37. The van der Waals surface area contributed by atoms with Crippen LogP contribution < -0.4 is 0 Å². The molecular formula is C9H12F3N3O2. The lowest BCUT2D eigenvalue weighted by Crippen LogP contribution is -2.36. The fourth-order valence-electron chi connectivity index (χ4n) is 1.25. The Morgan fingerprint density at radius 2 is 2.06 bits per heavy atom. The van der Waals surface area contributed by atoms with Gasteiger partial charge in [0.25, 0.3) is 0 Å². The van der Waals surface area contributed by atoms with Crippen LogP contribution in [0.5, 0.6) is 0 Å². The number of hydrogen-bond donors (Lipinski definition) is 1. The molecule has 0 saturated carbocycles. The molecule has 8 heteroatoms. The maximum atomic E-state index is 12.1. The molecule has 1 heterocycles. The maximum Gasteiger partial charge on any atom is 0.389 e. The molecule has 1 aromatic heterocycles. The molecule has 0 bridgehead atoms. The number of halogens is 3. The lowest BCUT2D eigenvalue weighted by molar-refractivity contribution is -0.145. The Morgan fingerprint density at radius 1 is 1.47 bits per heavy atom. The number of aryl methyl sites for hydroxylation is 1. The first-order valence-electron chi connectivity index (χ1n) is 4.84. The Kier molecular flexibility index (Phi) is 3.44. The lowest BCUT2D eigenvalue weighted by atomic mass is 10.1. The van der Waals surface area contributed by atoms with Crippen LogP contribution in [0, 0.1) is 0 Å². The smallest absolute Gasteiger partial charge is 0.389 e. The number of aromatic nitrogens is 3. The van der Waals surface area contributed by atoms with Crippen molar-refractivity contribution in [1.29, 1.82) is 0 Å². The van der Waals surface area contributed by atoms with Crippen molar-refractivity contribution >= 4 is 5.97 Å². The highest BCUT2D eigenvalue weighted by Crippen LogP contribution is 2.23. The molecule has 0 aliphatic rings. The largest absolute Gasteiger partial charge is 0.480 e. The number of carboxylic acids is 1. The van der Waals surface area contributed by atoms with Crippen LogP contribution in [-0.2, 0) is 16.8 Å². The second kappa shape index (κ2) is 4.34. The number of aliphatic carboxylic acids is 1. The minimum Gasteiger partial charge on any atom is -0.480 e. The monoisotopic (exact) mass is 251 g/mol. The van der Waals surface area contributed by atoms with E-state index in [2.05, 4.69) is 10.2 Å². The van der Waals surface area contributed by atoms with Gasteiger partial charge in [-0.1, -0.05) is 0 Å². The van der Waals surface area contributed by atoms with Gasteiger partial charge in [-0.25, -0.2) is 4.79 Å². The van der Waals surface area contributed by atoms with Crippen molar-refractivity contribution in [3.8, 4) is 0 Å². The summed E-state index contributed by atoms with van der Waals surface area (Å²) in [7, 11) is 0. The number of alkyl halides is 3. The van der Waals surface area contributed by atoms with Gasteiger partial charge in [-0.2, -0.15) is 13.2 Å². The molecule has 0 atom stereocenters. The average molecular weight is 251 g/mol. The fraction of sp³-hybridized carbons (Fsp3) is 0.667. The van der Waals surface area contributed by atoms with Crippen molar-refractivity contribution in [2.24, 2.45) is 0 Å². The lowest BCUT2D eigenvalue weighted by Gasteiger charge is -2.22. The standard InChI is InChI=1S/C9H12F3N3O2/c1-8(2,7(16)17)15-5-13-14-6(15)3-4-9(10,11)12/h5H,3-4H2,1-2H3,(H,16,17). The van der Waals surface area contributed by atoms with Gasteiger partial charge < -0.3 is 9.67 Å². The number of nitrogens with zero attached hydrogens (tertiary/aromatic N) is 3. The van der Waals surface area contributed by atoms with E-state index in [-0.39, 0.29) is 12.2 Å². The normalized spacial score (nSPS) is 12.8. The second-order valence-electron chi connectivity index (χ2n) is 4.10. The summed E-state index contributed by atoms with van der Waals surface area (Å²) < 4.78 is 37.3. The predicted octanol–water partition coefficient (Wildman–Crippen LogP) is 1.59. The third kappa shape index (κ3) is 3.18. The third-order valence-electron chi connectivity index (χ3n) is 2.38. The van der Waals surface area contributed by atoms with Gasteiger partial charge >= 0.3 is 12.1 Å². The van der Waals surface area contributed by atoms with Crippen LogP contribution in [0.1, 0.15) is 26.1 Å². The number of carbonyl (C=O) groups is 1. The van der Waals surface area contributed by atoms with Gasteiger partial charge in [0.15, 0.2) is 0 Å². The molecule has 0 spiro atoms. The molecule has 0 radical (unpaired) electrons. The van der Waals surface area contributed by atoms with Crippen LogP contribution >= 0.6 is 0 Å². The van der Waals surface area contributed by atoms with Gasteiger partial charge in [0.05, 0.1) is 6.42 Å². The van der Waals surface area contributed by atoms with E-state index in [4.69, 9.17) is 5.11 Å².